The van der Waals surface area contributed by atoms with Gasteiger partial charge in [0.15, 0.2) is 0 Å². The predicted octanol–water partition coefficient (Wildman–Crippen LogP) is 3.93. The molecular formula is C6H10Cl2NOPS2. The van der Waals surface area contributed by atoms with Crippen LogP contribution in [0.4, 0.5) is 0 Å². The maximum absolute atomic E-state index is 11.5. The topological polar surface area (TPSA) is 20.3 Å². The third-order valence-corrected chi connectivity index (χ3v) is 5.65. The Labute approximate surface area is 97.3 Å². The SMILES string of the molecule is CC(C)[C@H]1CSC(=S)N1P(=O)(Cl)Cl. The molecule has 1 aliphatic rings. The number of hydrogen-bond donors (Lipinski definition) is 0. The van der Waals surface area contributed by atoms with Crippen LogP contribution in [0.3, 0.4) is 0 Å². The minimum absolute atomic E-state index is 0.0957. The summed E-state index contributed by atoms with van der Waals surface area (Å²) >= 11 is 17.8. The summed E-state index contributed by atoms with van der Waals surface area (Å²) in [5, 5.41) is 0. The third-order valence-electron chi connectivity index (χ3n) is 1.90. The maximum Gasteiger partial charge on any atom is 0.347 e. The minimum Gasteiger partial charge on any atom is -0.280 e. The molecule has 0 unspecified atom stereocenters. The first-order chi connectivity index (χ1) is 5.84. The van der Waals surface area contributed by atoms with E-state index in [0.717, 1.165) is 5.75 Å². The van der Waals surface area contributed by atoms with Gasteiger partial charge >= 0.3 is 6.00 Å². The fourth-order valence-corrected chi connectivity index (χ4v) is 6.15. The average molecular weight is 278 g/mol. The average Bonchev–Trinajstić information content (AvgIpc) is 2.28. The monoisotopic (exact) mass is 277 g/mol. The minimum atomic E-state index is -3.26. The molecule has 76 valence electrons. The largest absolute Gasteiger partial charge is 0.347 e. The maximum atomic E-state index is 11.5. The first-order valence-corrected chi connectivity index (χ1v) is 8.66. The third kappa shape index (κ3) is 2.75. The van der Waals surface area contributed by atoms with Crippen molar-refractivity contribution >= 4 is 56.8 Å². The Kier molecular flexibility index (Phi) is 3.99. The van der Waals surface area contributed by atoms with Gasteiger partial charge in [0.2, 0.25) is 0 Å². The van der Waals surface area contributed by atoms with Gasteiger partial charge in [-0.05, 0) is 28.4 Å². The molecule has 0 aromatic rings. The molecule has 0 aromatic carbocycles. The summed E-state index contributed by atoms with van der Waals surface area (Å²) in [7, 11) is 0. The number of hydrogen-bond acceptors (Lipinski definition) is 3. The molecule has 2 nitrogen and oxygen atoms in total. The van der Waals surface area contributed by atoms with E-state index in [-0.39, 0.29) is 6.04 Å². The molecule has 0 aliphatic carbocycles. The summed E-state index contributed by atoms with van der Waals surface area (Å²) in [6, 6.07) is 0.0957. The molecule has 0 N–H and O–H groups in total. The Hall–Kier alpha value is 1.05. The van der Waals surface area contributed by atoms with Gasteiger partial charge in [-0.2, -0.15) is 0 Å². The Morgan fingerprint density at radius 1 is 1.69 bits per heavy atom. The van der Waals surface area contributed by atoms with Crippen LogP contribution >= 0.6 is 52.5 Å². The smallest absolute Gasteiger partial charge is 0.280 e. The van der Waals surface area contributed by atoms with E-state index in [4.69, 9.17) is 34.7 Å². The fraction of sp³-hybridized carbons (Fsp3) is 0.833. The number of thiocarbonyl (C=S) groups is 1. The van der Waals surface area contributed by atoms with Crippen molar-refractivity contribution in [1.82, 2.24) is 4.67 Å². The van der Waals surface area contributed by atoms with E-state index in [9.17, 15) is 4.57 Å². The highest BCUT2D eigenvalue weighted by atomic mass is 35.9. The summed E-state index contributed by atoms with van der Waals surface area (Å²) in [5.41, 5.74) is 0. The Bertz CT molecular complexity index is 267. The number of nitrogens with zero attached hydrogens (tertiary/aromatic N) is 1. The molecule has 1 fully saturated rings. The van der Waals surface area contributed by atoms with Crippen molar-refractivity contribution in [3.05, 3.63) is 0 Å². The van der Waals surface area contributed by atoms with Gasteiger partial charge in [0.25, 0.3) is 0 Å². The van der Waals surface area contributed by atoms with E-state index < -0.39 is 6.00 Å². The van der Waals surface area contributed by atoms with Crippen LogP contribution in [0.1, 0.15) is 13.8 Å². The molecule has 0 saturated carbocycles. The quantitative estimate of drug-likeness (QED) is 0.563. The van der Waals surface area contributed by atoms with Gasteiger partial charge in [0, 0.05) is 5.75 Å². The van der Waals surface area contributed by atoms with E-state index in [1.165, 1.54) is 16.4 Å². The van der Waals surface area contributed by atoms with Crippen molar-refractivity contribution in [2.24, 2.45) is 5.92 Å². The zero-order valence-electron chi connectivity index (χ0n) is 7.24. The highest BCUT2D eigenvalue weighted by Gasteiger charge is 2.40. The van der Waals surface area contributed by atoms with E-state index in [1.54, 1.807) is 0 Å². The van der Waals surface area contributed by atoms with E-state index >= 15 is 0 Å². The molecule has 1 rings (SSSR count). The number of halogens is 2. The van der Waals surface area contributed by atoms with Crippen molar-refractivity contribution in [3.8, 4) is 0 Å². The first-order valence-electron chi connectivity index (χ1n) is 3.80. The van der Waals surface area contributed by atoms with Gasteiger partial charge in [-0.3, -0.25) is 9.24 Å². The van der Waals surface area contributed by atoms with Gasteiger partial charge in [-0.1, -0.05) is 37.8 Å². The Morgan fingerprint density at radius 3 is 2.54 bits per heavy atom. The van der Waals surface area contributed by atoms with Gasteiger partial charge in [-0.15, -0.1) is 0 Å². The van der Waals surface area contributed by atoms with E-state index in [0.29, 0.717) is 10.2 Å². The summed E-state index contributed by atoms with van der Waals surface area (Å²) in [5.74, 6) is -2.10. The van der Waals surface area contributed by atoms with E-state index in [2.05, 4.69) is 0 Å². The molecule has 0 spiro atoms. The summed E-state index contributed by atoms with van der Waals surface area (Å²) in [6.45, 7) is 4.07. The summed E-state index contributed by atoms with van der Waals surface area (Å²) in [4.78, 5) is 0. The molecular weight excluding hydrogens is 268 g/mol. The number of thioether (sulfide) groups is 1. The lowest BCUT2D eigenvalue weighted by molar-refractivity contribution is 0.392. The second-order valence-electron chi connectivity index (χ2n) is 3.17. The van der Waals surface area contributed by atoms with Crippen molar-refractivity contribution in [1.29, 1.82) is 0 Å². The molecule has 0 amide bonds. The van der Waals surface area contributed by atoms with E-state index in [1.807, 2.05) is 13.8 Å². The molecule has 1 aliphatic heterocycles. The van der Waals surface area contributed by atoms with Crippen LogP contribution in [0.15, 0.2) is 0 Å². The lowest BCUT2D eigenvalue weighted by Crippen LogP contribution is -2.32. The predicted molar refractivity (Wildman–Crippen MR) is 64.8 cm³/mol. The molecule has 0 bridgehead atoms. The second-order valence-corrected chi connectivity index (χ2v) is 9.39. The standard InChI is InChI=1S/C6H10Cl2NOPS2/c1-4(2)5-3-13-6(12)9(5)11(7,8)10/h4-5H,3H2,1-2H3/t5-/m1/s1. The van der Waals surface area contributed by atoms with Crippen LogP contribution in [-0.2, 0) is 4.57 Å². The molecule has 1 saturated heterocycles. The first kappa shape index (κ1) is 12.1. The molecule has 1 atom stereocenters. The van der Waals surface area contributed by atoms with Crippen LogP contribution in [0.2, 0.25) is 0 Å². The fourth-order valence-electron chi connectivity index (χ4n) is 1.17. The van der Waals surface area contributed by atoms with Crippen molar-refractivity contribution in [2.45, 2.75) is 19.9 Å². The molecule has 7 heteroatoms. The Morgan fingerprint density at radius 2 is 2.23 bits per heavy atom. The molecule has 1 heterocycles. The van der Waals surface area contributed by atoms with Gasteiger partial charge in [-0.25, -0.2) is 0 Å². The van der Waals surface area contributed by atoms with Crippen molar-refractivity contribution in [3.63, 3.8) is 0 Å². The molecule has 0 aromatic heterocycles. The van der Waals surface area contributed by atoms with Crippen LogP contribution < -0.4 is 0 Å². The van der Waals surface area contributed by atoms with Crippen LogP contribution in [-0.4, -0.2) is 20.8 Å². The number of rotatable bonds is 2. The zero-order chi connectivity index (χ0) is 10.2. The molecule has 0 radical (unpaired) electrons. The van der Waals surface area contributed by atoms with Crippen molar-refractivity contribution in [2.75, 3.05) is 5.75 Å². The second kappa shape index (κ2) is 4.28. The highest BCUT2D eigenvalue weighted by Crippen LogP contribution is 2.64. The van der Waals surface area contributed by atoms with Gasteiger partial charge in [0.1, 0.15) is 4.32 Å². The summed E-state index contributed by atoms with van der Waals surface area (Å²) in [6.07, 6.45) is 0. The lowest BCUT2D eigenvalue weighted by atomic mass is 10.1. The van der Waals surface area contributed by atoms with Gasteiger partial charge < -0.3 is 0 Å². The molecule has 13 heavy (non-hydrogen) atoms. The van der Waals surface area contributed by atoms with Gasteiger partial charge in [0.05, 0.1) is 6.04 Å². The summed E-state index contributed by atoms with van der Waals surface area (Å²) < 4.78 is 13.5. The lowest BCUT2D eigenvalue weighted by Gasteiger charge is -2.28. The van der Waals surface area contributed by atoms with Crippen LogP contribution in [0.25, 0.3) is 0 Å². The highest BCUT2D eigenvalue weighted by molar-refractivity contribution is 8.24. The van der Waals surface area contributed by atoms with Crippen LogP contribution in [0.5, 0.6) is 0 Å². The van der Waals surface area contributed by atoms with Crippen LogP contribution in [0, 0.1) is 5.92 Å². The normalized spacial score (nSPS) is 24.5. The Balaban J connectivity index is 2.90. The zero-order valence-corrected chi connectivity index (χ0v) is 11.3. The van der Waals surface area contributed by atoms with Crippen molar-refractivity contribution < 1.29 is 4.57 Å².